The van der Waals surface area contributed by atoms with Crippen molar-refractivity contribution in [2.75, 3.05) is 0 Å². The minimum Gasteiger partial charge on any atom is -0.252 e. The van der Waals surface area contributed by atoms with Crippen molar-refractivity contribution in [3.63, 3.8) is 0 Å². The Morgan fingerprint density at radius 3 is 2.50 bits per heavy atom. The Labute approximate surface area is 100 Å². The summed E-state index contributed by atoms with van der Waals surface area (Å²) in [4.78, 5) is 7.50. The monoisotopic (exact) mass is 248 g/mol. The highest BCUT2D eigenvalue weighted by Gasteiger charge is 2.33. The second kappa shape index (κ2) is 3.66. The van der Waals surface area contributed by atoms with Crippen molar-refractivity contribution in [1.29, 1.82) is 0 Å². The Balaban J connectivity index is 2.40. The SMILES string of the molecule is FC(F)(F)c1cnc2ccc3ccccc3c2n1. The molecule has 0 atom stereocenters. The number of rotatable bonds is 0. The van der Waals surface area contributed by atoms with Gasteiger partial charge >= 0.3 is 6.18 Å². The third kappa shape index (κ3) is 1.68. The molecule has 0 bridgehead atoms. The molecule has 5 heteroatoms. The average Bonchev–Trinajstić information content (AvgIpc) is 2.37. The molecule has 3 rings (SSSR count). The van der Waals surface area contributed by atoms with Gasteiger partial charge in [-0.2, -0.15) is 13.2 Å². The second-order valence-corrected chi connectivity index (χ2v) is 3.91. The maximum Gasteiger partial charge on any atom is 0.434 e. The number of fused-ring (bicyclic) bond motifs is 3. The number of nitrogens with zero attached hydrogens (tertiary/aromatic N) is 2. The molecule has 0 aliphatic heterocycles. The Morgan fingerprint density at radius 1 is 0.944 bits per heavy atom. The van der Waals surface area contributed by atoms with E-state index in [1.54, 1.807) is 18.2 Å². The topological polar surface area (TPSA) is 25.8 Å². The molecule has 0 aliphatic rings. The fraction of sp³-hybridized carbons (Fsp3) is 0.0769. The molecular formula is C13H7F3N2. The first-order valence-corrected chi connectivity index (χ1v) is 5.27. The van der Waals surface area contributed by atoms with Crippen molar-refractivity contribution in [3.05, 3.63) is 48.3 Å². The summed E-state index contributed by atoms with van der Waals surface area (Å²) in [6, 6.07) is 10.7. The van der Waals surface area contributed by atoms with Gasteiger partial charge in [0.25, 0.3) is 0 Å². The van der Waals surface area contributed by atoms with E-state index in [0.29, 0.717) is 10.9 Å². The molecule has 18 heavy (non-hydrogen) atoms. The third-order valence-electron chi connectivity index (χ3n) is 2.73. The number of benzene rings is 2. The van der Waals surface area contributed by atoms with E-state index in [-0.39, 0.29) is 5.52 Å². The zero-order valence-corrected chi connectivity index (χ0v) is 9.07. The summed E-state index contributed by atoms with van der Waals surface area (Å²) < 4.78 is 37.8. The van der Waals surface area contributed by atoms with Crippen LogP contribution in [0.2, 0.25) is 0 Å². The van der Waals surface area contributed by atoms with Crippen LogP contribution in [0.1, 0.15) is 5.69 Å². The molecule has 0 amide bonds. The molecule has 1 heterocycles. The van der Waals surface area contributed by atoms with Crippen LogP contribution in [0.5, 0.6) is 0 Å². The van der Waals surface area contributed by atoms with E-state index in [4.69, 9.17) is 0 Å². The molecule has 0 radical (unpaired) electrons. The van der Waals surface area contributed by atoms with Gasteiger partial charge in [-0.25, -0.2) is 4.98 Å². The molecule has 0 N–H and O–H groups in total. The summed E-state index contributed by atoms with van der Waals surface area (Å²) in [7, 11) is 0. The van der Waals surface area contributed by atoms with E-state index >= 15 is 0 Å². The van der Waals surface area contributed by atoms with Gasteiger partial charge in [0.05, 0.1) is 17.2 Å². The highest BCUT2D eigenvalue weighted by Crippen LogP contribution is 2.30. The van der Waals surface area contributed by atoms with Crippen LogP contribution in [0.25, 0.3) is 21.8 Å². The summed E-state index contributed by atoms with van der Waals surface area (Å²) >= 11 is 0. The zero-order chi connectivity index (χ0) is 12.8. The summed E-state index contributed by atoms with van der Waals surface area (Å²) in [5.41, 5.74) is -0.226. The first-order chi connectivity index (χ1) is 8.55. The van der Waals surface area contributed by atoms with Crippen LogP contribution in [-0.2, 0) is 6.18 Å². The fourth-order valence-electron chi connectivity index (χ4n) is 1.88. The van der Waals surface area contributed by atoms with Gasteiger partial charge in [0.15, 0.2) is 5.69 Å². The molecule has 0 fully saturated rings. The van der Waals surface area contributed by atoms with Crippen LogP contribution in [0.3, 0.4) is 0 Å². The van der Waals surface area contributed by atoms with E-state index < -0.39 is 11.9 Å². The summed E-state index contributed by atoms with van der Waals surface area (Å²) in [5, 5.41) is 1.52. The molecule has 3 aromatic rings. The van der Waals surface area contributed by atoms with Gasteiger partial charge in [0.2, 0.25) is 0 Å². The van der Waals surface area contributed by atoms with Crippen LogP contribution in [0, 0.1) is 0 Å². The molecule has 0 saturated carbocycles. The lowest BCUT2D eigenvalue weighted by Crippen LogP contribution is -2.08. The molecule has 0 aliphatic carbocycles. The van der Waals surface area contributed by atoms with E-state index in [2.05, 4.69) is 9.97 Å². The molecule has 0 unspecified atom stereocenters. The van der Waals surface area contributed by atoms with Crippen molar-refractivity contribution in [3.8, 4) is 0 Å². The largest absolute Gasteiger partial charge is 0.434 e. The Kier molecular flexibility index (Phi) is 2.23. The van der Waals surface area contributed by atoms with Crippen LogP contribution in [0.4, 0.5) is 13.2 Å². The average molecular weight is 248 g/mol. The van der Waals surface area contributed by atoms with Crippen LogP contribution < -0.4 is 0 Å². The van der Waals surface area contributed by atoms with E-state index in [9.17, 15) is 13.2 Å². The molecule has 2 aromatic carbocycles. The molecule has 1 aromatic heterocycles. The van der Waals surface area contributed by atoms with E-state index in [0.717, 1.165) is 11.6 Å². The van der Waals surface area contributed by atoms with E-state index in [1.807, 2.05) is 18.2 Å². The number of hydrogen-bond donors (Lipinski definition) is 0. The number of alkyl halides is 3. The van der Waals surface area contributed by atoms with Crippen molar-refractivity contribution >= 4 is 21.8 Å². The van der Waals surface area contributed by atoms with Gasteiger partial charge in [0, 0.05) is 5.39 Å². The van der Waals surface area contributed by atoms with E-state index in [1.165, 1.54) is 0 Å². The maximum absolute atomic E-state index is 12.6. The lowest BCUT2D eigenvalue weighted by Gasteiger charge is -2.07. The highest BCUT2D eigenvalue weighted by atomic mass is 19.4. The standard InChI is InChI=1S/C13H7F3N2/c14-13(15,16)11-7-17-10-6-5-8-3-1-2-4-9(8)12(10)18-11/h1-7H. The third-order valence-corrected chi connectivity index (χ3v) is 2.73. The van der Waals surface area contributed by atoms with Crippen molar-refractivity contribution in [1.82, 2.24) is 9.97 Å². The highest BCUT2D eigenvalue weighted by molar-refractivity contribution is 6.03. The number of halogens is 3. The first-order valence-electron chi connectivity index (χ1n) is 5.27. The van der Waals surface area contributed by atoms with Crippen LogP contribution in [0.15, 0.2) is 42.6 Å². The predicted molar refractivity (Wildman–Crippen MR) is 62.0 cm³/mol. The van der Waals surface area contributed by atoms with Gasteiger partial charge in [-0.1, -0.05) is 30.3 Å². The normalized spacial score (nSPS) is 12.2. The predicted octanol–water partition coefficient (Wildman–Crippen LogP) is 3.80. The number of aromatic nitrogens is 2. The Bertz CT molecular complexity index is 735. The van der Waals surface area contributed by atoms with Crippen LogP contribution >= 0.6 is 0 Å². The summed E-state index contributed by atoms with van der Waals surface area (Å²) in [6.07, 6.45) is -3.71. The van der Waals surface area contributed by atoms with Gasteiger partial charge in [-0.3, -0.25) is 4.98 Å². The van der Waals surface area contributed by atoms with Gasteiger partial charge in [-0.05, 0) is 11.5 Å². The minimum absolute atomic E-state index is 0.280. The lowest BCUT2D eigenvalue weighted by atomic mass is 10.1. The quantitative estimate of drug-likeness (QED) is 0.565. The zero-order valence-electron chi connectivity index (χ0n) is 9.07. The Morgan fingerprint density at radius 2 is 1.72 bits per heavy atom. The van der Waals surface area contributed by atoms with Gasteiger partial charge < -0.3 is 0 Å². The molecule has 0 saturated heterocycles. The minimum atomic E-state index is -4.47. The smallest absolute Gasteiger partial charge is 0.252 e. The van der Waals surface area contributed by atoms with Crippen LogP contribution in [-0.4, -0.2) is 9.97 Å². The van der Waals surface area contributed by atoms with Gasteiger partial charge in [0.1, 0.15) is 0 Å². The molecular weight excluding hydrogens is 241 g/mol. The summed E-state index contributed by atoms with van der Waals surface area (Å²) in [6.45, 7) is 0. The van der Waals surface area contributed by atoms with Crippen molar-refractivity contribution < 1.29 is 13.2 Å². The Hall–Kier alpha value is -2.17. The van der Waals surface area contributed by atoms with Crippen molar-refractivity contribution in [2.24, 2.45) is 0 Å². The van der Waals surface area contributed by atoms with Gasteiger partial charge in [-0.15, -0.1) is 0 Å². The lowest BCUT2D eigenvalue weighted by molar-refractivity contribution is -0.141. The first kappa shape index (κ1) is 11.0. The molecule has 2 nitrogen and oxygen atoms in total. The number of hydrogen-bond acceptors (Lipinski definition) is 2. The second-order valence-electron chi connectivity index (χ2n) is 3.91. The molecule has 0 spiro atoms. The maximum atomic E-state index is 12.6. The summed E-state index contributed by atoms with van der Waals surface area (Å²) in [5.74, 6) is 0. The molecule has 90 valence electrons. The fourth-order valence-corrected chi connectivity index (χ4v) is 1.88. The van der Waals surface area contributed by atoms with Crippen molar-refractivity contribution in [2.45, 2.75) is 6.18 Å².